The van der Waals surface area contributed by atoms with Gasteiger partial charge in [-0.2, -0.15) is 13.5 Å². The van der Waals surface area contributed by atoms with Crippen molar-refractivity contribution < 1.29 is 17.3 Å². The summed E-state index contributed by atoms with van der Waals surface area (Å²) in [6.07, 6.45) is 3.94. The van der Waals surface area contributed by atoms with Crippen molar-refractivity contribution in [2.75, 3.05) is 44.3 Å². The Hall–Kier alpha value is -3.40. The summed E-state index contributed by atoms with van der Waals surface area (Å²) in [6.45, 7) is 6.76. The fraction of sp³-hybridized carbons (Fsp3) is 0.296. The number of rotatable bonds is 9. The normalized spacial score (nSPS) is 14.9. The minimum absolute atomic E-state index is 0.0490. The van der Waals surface area contributed by atoms with E-state index in [1.54, 1.807) is 24.3 Å². The fourth-order valence-corrected chi connectivity index (χ4v) is 5.24. The van der Waals surface area contributed by atoms with E-state index in [4.69, 9.17) is 8.92 Å². The van der Waals surface area contributed by atoms with E-state index >= 15 is 0 Å². The van der Waals surface area contributed by atoms with Crippen molar-refractivity contribution in [3.8, 4) is 5.75 Å². The Kier molecular flexibility index (Phi) is 7.22. The molecule has 3 heterocycles. The van der Waals surface area contributed by atoms with Gasteiger partial charge >= 0.3 is 0 Å². The van der Waals surface area contributed by atoms with E-state index in [2.05, 4.69) is 21.0 Å². The number of aryl methyl sites for hydroxylation is 1. The Labute approximate surface area is 211 Å². The molecule has 4 aromatic rings. The number of hydrogen-bond acceptors (Lipinski definition) is 7. The van der Waals surface area contributed by atoms with Crippen LogP contribution >= 0.6 is 0 Å². The summed E-state index contributed by atoms with van der Waals surface area (Å²) in [5, 5.41) is 4.44. The van der Waals surface area contributed by atoms with Crippen molar-refractivity contribution in [1.29, 1.82) is 0 Å². The molecule has 36 heavy (non-hydrogen) atoms. The van der Waals surface area contributed by atoms with Gasteiger partial charge in [0.05, 0.1) is 16.6 Å². The highest BCUT2D eigenvalue weighted by molar-refractivity contribution is 7.86. The molecule has 2 aromatic heterocycles. The van der Waals surface area contributed by atoms with Gasteiger partial charge in [0.2, 0.25) is 0 Å². The van der Waals surface area contributed by atoms with E-state index < -0.39 is 10.1 Å². The standard InChI is InChI=1S/C27H30N4O4S/c1-22-5-11-26(12-6-22)36(32,33)35-19-18-34-25-9-7-24(8-10-25)30-16-14-29(15-17-30)21-23-20-28-31-13-3-2-4-27(23)31/h2-13,20H,14-19,21H2,1H3. The van der Waals surface area contributed by atoms with Gasteiger partial charge < -0.3 is 9.64 Å². The summed E-state index contributed by atoms with van der Waals surface area (Å²) >= 11 is 0. The van der Waals surface area contributed by atoms with Gasteiger partial charge in [0.1, 0.15) is 19.0 Å². The monoisotopic (exact) mass is 506 g/mol. The van der Waals surface area contributed by atoms with Crippen LogP contribution in [0.3, 0.4) is 0 Å². The van der Waals surface area contributed by atoms with Crippen LogP contribution in [-0.4, -0.2) is 62.3 Å². The van der Waals surface area contributed by atoms with Crippen molar-refractivity contribution in [3.05, 3.63) is 90.3 Å². The van der Waals surface area contributed by atoms with Crippen molar-refractivity contribution in [1.82, 2.24) is 14.5 Å². The summed E-state index contributed by atoms with van der Waals surface area (Å²) in [5.41, 5.74) is 4.55. The first-order valence-electron chi connectivity index (χ1n) is 12.1. The lowest BCUT2D eigenvalue weighted by molar-refractivity contribution is 0.221. The van der Waals surface area contributed by atoms with Gasteiger partial charge in [-0.1, -0.05) is 23.8 Å². The molecule has 1 saturated heterocycles. The molecule has 0 atom stereocenters. The number of benzene rings is 2. The van der Waals surface area contributed by atoms with Crippen molar-refractivity contribution >= 4 is 21.3 Å². The third-order valence-corrected chi connectivity index (χ3v) is 7.70. The number of anilines is 1. The molecule has 8 nitrogen and oxygen atoms in total. The smallest absolute Gasteiger partial charge is 0.297 e. The first-order valence-corrected chi connectivity index (χ1v) is 13.5. The lowest BCUT2D eigenvalue weighted by Gasteiger charge is -2.36. The number of nitrogens with zero attached hydrogens (tertiary/aromatic N) is 4. The maximum absolute atomic E-state index is 12.3. The number of piperazine rings is 1. The molecule has 0 bridgehead atoms. The van der Waals surface area contributed by atoms with Gasteiger partial charge in [0.15, 0.2) is 0 Å². The summed E-state index contributed by atoms with van der Waals surface area (Å²) < 4.78 is 37.2. The van der Waals surface area contributed by atoms with Crippen LogP contribution < -0.4 is 9.64 Å². The van der Waals surface area contributed by atoms with Crippen LogP contribution in [0.25, 0.3) is 5.52 Å². The molecule has 1 aliphatic rings. The van der Waals surface area contributed by atoms with Crippen LogP contribution in [0.15, 0.2) is 84.0 Å². The number of hydrogen-bond donors (Lipinski definition) is 0. The zero-order valence-corrected chi connectivity index (χ0v) is 21.1. The topological polar surface area (TPSA) is 76.4 Å². The number of fused-ring (bicyclic) bond motifs is 1. The summed E-state index contributed by atoms with van der Waals surface area (Å²) in [7, 11) is -3.78. The largest absolute Gasteiger partial charge is 0.491 e. The maximum atomic E-state index is 12.3. The van der Waals surface area contributed by atoms with Crippen LogP contribution in [0.4, 0.5) is 5.69 Å². The molecule has 0 amide bonds. The van der Waals surface area contributed by atoms with Crippen LogP contribution in [0.1, 0.15) is 11.1 Å². The van der Waals surface area contributed by atoms with E-state index in [0.717, 1.165) is 49.5 Å². The summed E-state index contributed by atoms with van der Waals surface area (Å²) in [4.78, 5) is 4.98. The molecular formula is C27H30N4O4S. The lowest BCUT2D eigenvalue weighted by atomic mass is 10.2. The molecule has 0 spiro atoms. The van der Waals surface area contributed by atoms with E-state index in [1.807, 2.05) is 60.2 Å². The van der Waals surface area contributed by atoms with E-state index in [1.165, 1.54) is 5.56 Å². The van der Waals surface area contributed by atoms with Crippen LogP contribution in [-0.2, 0) is 20.8 Å². The molecule has 5 rings (SSSR count). The van der Waals surface area contributed by atoms with E-state index in [-0.39, 0.29) is 18.1 Å². The third kappa shape index (κ3) is 5.70. The second-order valence-corrected chi connectivity index (χ2v) is 10.5. The highest BCUT2D eigenvalue weighted by Gasteiger charge is 2.19. The average molecular weight is 507 g/mol. The van der Waals surface area contributed by atoms with Gasteiger partial charge in [-0.3, -0.25) is 9.08 Å². The highest BCUT2D eigenvalue weighted by atomic mass is 32.2. The van der Waals surface area contributed by atoms with Crippen molar-refractivity contribution in [3.63, 3.8) is 0 Å². The molecule has 0 unspecified atom stereocenters. The minimum Gasteiger partial charge on any atom is -0.491 e. The Balaban J connectivity index is 1.07. The van der Waals surface area contributed by atoms with Crippen LogP contribution in [0, 0.1) is 6.92 Å². The zero-order valence-electron chi connectivity index (χ0n) is 20.3. The van der Waals surface area contributed by atoms with Gasteiger partial charge in [0, 0.05) is 50.2 Å². The van der Waals surface area contributed by atoms with Gasteiger partial charge in [-0.25, -0.2) is 4.52 Å². The summed E-state index contributed by atoms with van der Waals surface area (Å²) in [5.74, 6) is 0.682. The lowest BCUT2D eigenvalue weighted by Crippen LogP contribution is -2.45. The molecule has 9 heteroatoms. The van der Waals surface area contributed by atoms with Crippen molar-refractivity contribution in [2.24, 2.45) is 0 Å². The quantitative estimate of drug-likeness (QED) is 0.253. The van der Waals surface area contributed by atoms with Crippen LogP contribution in [0.2, 0.25) is 0 Å². The number of ether oxygens (including phenoxy) is 1. The van der Waals surface area contributed by atoms with Crippen LogP contribution in [0.5, 0.6) is 5.75 Å². The summed E-state index contributed by atoms with van der Waals surface area (Å²) in [6, 6.07) is 20.6. The van der Waals surface area contributed by atoms with Gasteiger partial charge in [0.25, 0.3) is 10.1 Å². The minimum atomic E-state index is -3.78. The molecule has 1 fully saturated rings. The number of pyridine rings is 1. The van der Waals surface area contributed by atoms with Gasteiger partial charge in [-0.05, 0) is 55.5 Å². The molecule has 0 aliphatic carbocycles. The predicted octanol–water partition coefficient (Wildman–Crippen LogP) is 3.75. The zero-order chi connectivity index (χ0) is 25.0. The third-order valence-electron chi connectivity index (χ3n) is 6.37. The van der Waals surface area contributed by atoms with E-state index in [0.29, 0.717) is 5.75 Å². The van der Waals surface area contributed by atoms with E-state index in [9.17, 15) is 8.42 Å². The molecule has 0 radical (unpaired) electrons. The SMILES string of the molecule is Cc1ccc(S(=O)(=O)OCCOc2ccc(N3CCN(Cc4cnn5ccccc45)CC3)cc2)cc1. The molecular weight excluding hydrogens is 476 g/mol. The van der Waals surface area contributed by atoms with Gasteiger partial charge in [-0.15, -0.1) is 0 Å². The average Bonchev–Trinajstić information content (AvgIpc) is 3.30. The molecule has 188 valence electrons. The molecule has 0 N–H and O–H groups in total. The molecule has 2 aromatic carbocycles. The molecule has 1 aliphatic heterocycles. The Morgan fingerprint density at radius 2 is 1.64 bits per heavy atom. The predicted molar refractivity (Wildman–Crippen MR) is 139 cm³/mol. The Bertz CT molecular complexity index is 1390. The highest BCUT2D eigenvalue weighted by Crippen LogP contribution is 2.22. The maximum Gasteiger partial charge on any atom is 0.297 e. The second-order valence-electron chi connectivity index (χ2n) is 8.89. The fourth-order valence-electron chi connectivity index (χ4n) is 4.34. The Morgan fingerprint density at radius 1 is 0.889 bits per heavy atom. The molecule has 0 saturated carbocycles. The second kappa shape index (κ2) is 10.7. The number of aromatic nitrogens is 2. The Morgan fingerprint density at radius 3 is 2.39 bits per heavy atom. The first kappa shape index (κ1) is 24.3. The van der Waals surface area contributed by atoms with Crippen molar-refractivity contribution in [2.45, 2.75) is 18.4 Å². The first-order chi connectivity index (χ1) is 17.5.